The number of aliphatic hydroxyl groups excluding tert-OH is 2. The zero-order chi connectivity index (χ0) is 42.3. The molecular formula is C50H82BaO8. The Morgan fingerprint density at radius 3 is 0.881 bits per heavy atom. The van der Waals surface area contributed by atoms with Crippen LogP contribution < -0.4 is 10.2 Å². The van der Waals surface area contributed by atoms with E-state index >= 15 is 0 Å². The molecule has 4 unspecified atom stereocenters. The molecule has 2 rings (SSSR count). The maximum atomic E-state index is 10.4. The summed E-state index contributed by atoms with van der Waals surface area (Å²) in [6.07, 6.45) is 30.1. The first-order chi connectivity index (χ1) is 28.2. The van der Waals surface area contributed by atoms with Gasteiger partial charge in [0.05, 0.1) is 49.6 Å². The molecule has 0 aliphatic heterocycles. The zero-order valence-electron chi connectivity index (χ0n) is 37.3. The Kier molecular flexibility index (Phi) is 41.2. The van der Waals surface area contributed by atoms with E-state index in [-0.39, 0.29) is 48.9 Å². The molecule has 59 heavy (non-hydrogen) atoms. The molecule has 8 nitrogen and oxygen atoms in total. The van der Waals surface area contributed by atoms with Gasteiger partial charge in [0.25, 0.3) is 0 Å². The van der Waals surface area contributed by atoms with Crippen molar-refractivity contribution in [2.45, 2.75) is 231 Å². The van der Waals surface area contributed by atoms with Crippen molar-refractivity contribution in [3.63, 3.8) is 0 Å². The van der Waals surface area contributed by atoms with Crippen LogP contribution in [0.2, 0.25) is 0 Å². The molecule has 0 aromatic heterocycles. The number of unbranched alkanes of at least 4 members (excludes halogenated alkanes) is 22. The summed E-state index contributed by atoms with van der Waals surface area (Å²) in [4.78, 5) is 20.8. The van der Waals surface area contributed by atoms with Gasteiger partial charge in [0, 0.05) is 0 Å². The standard InChI is InChI=1S/2C25H42O4.Ba/c2*1-22(29-21-23-18-14-12-15-19-23)17-13-10-8-6-4-2-3-5-7-9-11-16-20-24(26)25(27)28;/h2*12,14-15,18-19,22,24,26H,2-11,13,16-17,20-21H2,1H3,(H,27,28);/q;;+2/p-2. The Morgan fingerprint density at radius 2 is 0.644 bits per heavy atom. The van der Waals surface area contributed by atoms with Crippen LogP contribution in [-0.2, 0) is 32.3 Å². The smallest absolute Gasteiger partial charge is 0.547 e. The summed E-state index contributed by atoms with van der Waals surface area (Å²) < 4.78 is 11.8. The summed E-state index contributed by atoms with van der Waals surface area (Å²) in [5, 5.41) is 39.0. The summed E-state index contributed by atoms with van der Waals surface area (Å²) in [5.41, 5.74) is 2.49. The van der Waals surface area contributed by atoms with Gasteiger partial charge < -0.3 is 39.5 Å². The molecule has 0 bridgehead atoms. The predicted molar refractivity (Wildman–Crippen MR) is 238 cm³/mol. The molecular weight excluding hydrogens is 866 g/mol. The molecule has 2 aromatic carbocycles. The van der Waals surface area contributed by atoms with Crippen molar-refractivity contribution in [1.82, 2.24) is 0 Å². The van der Waals surface area contributed by atoms with Crippen LogP contribution in [0.4, 0.5) is 0 Å². The molecule has 0 heterocycles. The minimum atomic E-state index is -1.35. The van der Waals surface area contributed by atoms with E-state index in [1.54, 1.807) is 0 Å². The van der Waals surface area contributed by atoms with Gasteiger partial charge in [-0.1, -0.05) is 215 Å². The van der Waals surface area contributed by atoms with Crippen molar-refractivity contribution < 1.29 is 39.5 Å². The zero-order valence-corrected chi connectivity index (χ0v) is 41.8. The third kappa shape index (κ3) is 38.2. The van der Waals surface area contributed by atoms with Gasteiger partial charge in [0.15, 0.2) is 0 Å². The number of aliphatic carboxylic acids is 2. The van der Waals surface area contributed by atoms with Gasteiger partial charge in [-0.2, -0.15) is 0 Å². The summed E-state index contributed by atoms with van der Waals surface area (Å²) in [7, 11) is 0. The monoisotopic (exact) mass is 949 g/mol. The minimum absolute atomic E-state index is 0. The van der Waals surface area contributed by atoms with Crippen molar-refractivity contribution in [2.24, 2.45) is 0 Å². The minimum Gasteiger partial charge on any atom is -0.547 e. The number of ether oxygens (including phenoxy) is 2. The number of carboxylic acid groups (broad SMARTS) is 2. The van der Waals surface area contributed by atoms with E-state index in [9.17, 15) is 19.8 Å². The number of benzene rings is 2. The Balaban J connectivity index is 0.00000112. The topological polar surface area (TPSA) is 139 Å². The Bertz CT molecular complexity index is 1110. The first-order valence-electron chi connectivity index (χ1n) is 23.3. The molecule has 2 aromatic rings. The molecule has 0 aliphatic rings. The molecule has 0 fully saturated rings. The summed E-state index contributed by atoms with van der Waals surface area (Å²) in [6.45, 7) is 5.77. The van der Waals surface area contributed by atoms with Gasteiger partial charge in [0.1, 0.15) is 0 Å². The van der Waals surface area contributed by atoms with Crippen molar-refractivity contribution >= 4 is 60.8 Å². The fourth-order valence-corrected chi connectivity index (χ4v) is 7.10. The average Bonchev–Trinajstić information content (AvgIpc) is 3.23. The second kappa shape index (κ2) is 42.1. The number of hydrogen-bond donors (Lipinski definition) is 2. The predicted octanol–water partition coefficient (Wildman–Crippen LogP) is 9.95. The van der Waals surface area contributed by atoms with Gasteiger partial charge in [-0.25, -0.2) is 0 Å². The third-order valence-electron chi connectivity index (χ3n) is 11.0. The van der Waals surface area contributed by atoms with Gasteiger partial charge in [0.2, 0.25) is 0 Å². The van der Waals surface area contributed by atoms with Crippen LogP contribution in [0, 0.1) is 0 Å². The molecule has 4 atom stereocenters. The van der Waals surface area contributed by atoms with Crippen molar-refractivity contribution in [3.8, 4) is 0 Å². The van der Waals surface area contributed by atoms with Crippen LogP contribution >= 0.6 is 0 Å². The largest absolute Gasteiger partial charge is 2.00 e. The summed E-state index contributed by atoms with van der Waals surface area (Å²) in [5.74, 6) is -2.70. The fourth-order valence-electron chi connectivity index (χ4n) is 7.10. The molecule has 0 saturated carbocycles. The van der Waals surface area contributed by atoms with Gasteiger partial charge in [-0.05, 0) is 50.7 Å². The Morgan fingerprint density at radius 1 is 0.424 bits per heavy atom. The molecule has 9 heteroatoms. The third-order valence-corrected chi connectivity index (χ3v) is 11.0. The maximum Gasteiger partial charge on any atom is 2.00 e. The molecule has 2 N–H and O–H groups in total. The van der Waals surface area contributed by atoms with E-state index in [1.807, 2.05) is 12.1 Å². The molecule has 0 aliphatic carbocycles. The maximum absolute atomic E-state index is 10.4. The van der Waals surface area contributed by atoms with Crippen molar-refractivity contribution in [3.05, 3.63) is 71.8 Å². The number of carboxylic acids is 2. The second-order valence-corrected chi connectivity index (χ2v) is 16.5. The molecule has 332 valence electrons. The van der Waals surface area contributed by atoms with Gasteiger partial charge in [-0.3, -0.25) is 0 Å². The molecule has 0 spiro atoms. The van der Waals surface area contributed by atoms with Crippen molar-refractivity contribution in [2.75, 3.05) is 0 Å². The normalized spacial score (nSPS) is 13.1. The average molecular weight is 949 g/mol. The first-order valence-corrected chi connectivity index (χ1v) is 23.3. The number of aliphatic hydroxyl groups is 2. The quantitative estimate of drug-likeness (QED) is 0.0501. The van der Waals surface area contributed by atoms with Crippen LogP contribution in [0.25, 0.3) is 0 Å². The van der Waals surface area contributed by atoms with Gasteiger partial charge >= 0.3 is 48.9 Å². The van der Waals surface area contributed by atoms with Gasteiger partial charge in [-0.15, -0.1) is 0 Å². The summed E-state index contributed by atoms with van der Waals surface area (Å²) in [6, 6.07) is 20.7. The summed E-state index contributed by atoms with van der Waals surface area (Å²) >= 11 is 0. The van der Waals surface area contributed by atoms with E-state index < -0.39 is 24.1 Å². The van der Waals surface area contributed by atoms with Crippen LogP contribution in [0.15, 0.2) is 60.7 Å². The Hall–Kier alpha value is -1.21. The number of carbonyl (C=O) groups excluding carboxylic acids is 2. The van der Waals surface area contributed by atoms with Crippen LogP contribution in [-0.4, -0.2) is 95.4 Å². The SMILES string of the molecule is CC(CCCCCCCCCCCCCCC(O)C(=O)[O-])OCc1ccccc1.CC(CCCCCCCCCCCCCCC(O)C(=O)[O-])OCc1ccccc1.[Ba+2]. The molecule has 0 saturated heterocycles. The number of hydrogen-bond acceptors (Lipinski definition) is 8. The van der Waals surface area contributed by atoms with E-state index in [1.165, 1.54) is 127 Å². The van der Waals surface area contributed by atoms with Crippen LogP contribution in [0.5, 0.6) is 0 Å². The van der Waals surface area contributed by atoms with E-state index in [4.69, 9.17) is 19.7 Å². The number of carbonyl (C=O) groups is 2. The van der Waals surface area contributed by atoms with E-state index in [0.717, 1.165) is 51.4 Å². The van der Waals surface area contributed by atoms with Crippen LogP contribution in [0.1, 0.15) is 205 Å². The second-order valence-electron chi connectivity index (χ2n) is 16.5. The number of rotatable bonds is 38. The molecule has 0 radical (unpaired) electrons. The van der Waals surface area contributed by atoms with E-state index in [2.05, 4.69) is 62.4 Å². The Labute approximate surface area is 400 Å². The first kappa shape index (κ1) is 57.8. The molecule has 0 amide bonds. The van der Waals surface area contributed by atoms with Crippen LogP contribution in [0.3, 0.4) is 0 Å². The fraction of sp³-hybridized carbons (Fsp3) is 0.720. The van der Waals surface area contributed by atoms with Crippen molar-refractivity contribution in [1.29, 1.82) is 0 Å². The van der Waals surface area contributed by atoms with E-state index in [0.29, 0.717) is 38.3 Å².